The van der Waals surface area contributed by atoms with Crippen molar-refractivity contribution in [2.75, 3.05) is 12.9 Å². The van der Waals surface area contributed by atoms with Crippen LogP contribution in [0.5, 0.6) is 5.75 Å². The van der Waals surface area contributed by atoms with Gasteiger partial charge in [0.15, 0.2) is 16.8 Å². The molecule has 26 heavy (non-hydrogen) atoms. The molecule has 0 saturated heterocycles. The number of carbonyl (C=O) groups is 1. The van der Waals surface area contributed by atoms with Crippen molar-refractivity contribution in [3.63, 3.8) is 0 Å². The van der Waals surface area contributed by atoms with Gasteiger partial charge in [0.1, 0.15) is 5.75 Å². The number of thioether (sulfide) groups is 1. The number of hydrogen-bond acceptors (Lipinski definition) is 6. The molecule has 0 aliphatic heterocycles. The van der Waals surface area contributed by atoms with Gasteiger partial charge in [0.25, 0.3) is 0 Å². The van der Waals surface area contributed by atoms with E-state index in [1.165, 1.54) is 22.4 Å². The van der Waals surface area contributed by atoms with E-state index in [2.05, 4.69) is 10.2 Å². The molecule has 0 spiro atoms. The van der Waals surface area contributed by atoms with Crippen molar-refractivity contribution in [2.45, 2.75) is 5.16 Å². The SMILES string of the molecule is COc1ccc(C(=O)CSc2nnc(-c3ccc(=O)n(C)c3)n2C)cc1. The molecule has 0 radical (unpaired) electrons. The first-order chi connectivity index (χ1) is 12.5. The average molecular weight is 370 g/mol. The Balaban J connectivity index is 1.72. The molecule has 0 saturated carbocycles. The number of aryl methyl sites for hydroxylation is 1. The van der Waals surface area contributed by atoms with Crippen molar-refractivity contribution < 1.29 is 9.53 Å². The molecule has 3 rings (SSSR count). The molecule has 0 bridgehead atoms. The summed E-state index contributed by atoms with van der Waals surface area (Å²) in [6.45, 7) is 0. The maximum Gasteiger partial charge on any atom is 0.250 e. The van der Waals surface area contributed by atoms with Crippen LogP contribution in [-0.2, 0) is 14.1 Å². The number of nitrogens with zero attached hydrogens (tertiary/aromatic N) is 4. The van der Waals surface area contributed by atoms with E-state index in [4.69, 9.17) is 4.74 Å². The first-order valence-electron chi connectivity index (χ1n) is 7.86. The lowest BCUT2D eigenvalue weighted by molar-refractivity contribution is 0.102. The van der Waals surface area contributed by atoms with Gasteiger partial charge in [0.2, 0.25) is 5.56 Å². The summed E-state index contributed by atoms with van der Waals surface area (Å²) in [6.07, 6.45) is 1.71. The Labute approximate surface area is 154 Å². The normalized spacial score (nSPS) is 10.7. The van der Waals surface area contributed by atoms with Gasteiger partial charge in [0.05, 0.1) is 12.9 Å². The van der Waals surface area contributed by atoms with E-state index in [0.29, 0.717) is 22.3 Å². The number of pyridine rings is 1. The predicted octanol–water partition coefficient (Wildman–Crippen LogP) is 2.16. The molecule has 0 N–H and O–H groups in total. The van der Waals surface area contributed by atoms with Crippen molar-refractivity contribution in [2.24, 2.45) is 14.1 Å². The third kappa shape index (κ3) is 3.70. The van der Waals surface area contributed by atoms with Crippen molar-refractivity contribution in [3.05, 3.63) is 58.5 Å². The van der Waals surface area contributed by atoms with Crippen LogP contribution in [0.25, 0.3) is 11.4 Å². The van der Waals surface area contributed by atoms with Gasteiger partial charge in [-0.05, 0) is 30.3 Å². The number of benzene rings is 1. The Morgan fingerprint density at radius 2 is 1.85 bits per heavy atom. The molecule has 1 aromatic carbocycles. The fourth-order valence-corrected chi connectivity index (χ4v) is 3.21. The van der Waals surface area contributed by atoms with Crippen LogP contribution >= 0.6 is 11.8 Å². The Morgan fingerprint density at radius 1 is 1.12 bits per heavy atom. The summed E-state index contributed by atoms with van der Waals surface area (Å²) < 4.78 is 8.40. The zero-order valence-corrected chi connectivity index (χ0v) is 15.5. The molecule has 8 heteroatoms. The first-order valence-corrected chi connectivity index (χ1v) is 8.84. The van der Waals surface area contributed by atoms with Crippen molar-refractivity contribution in [1.29, 1.82) is 0 Å². The maximum atomic E-state index is 12.3. The summed E-state index contributed by atoms with van der Waals surface area (Å²) >= 11 is 1.32. The summed E-state index contributed by atoms with van der Waals surface area (Å²) in [5, 5.41) is 8.97. The summed E-state index contributed by atoms with van der Waals surface area (Å²) in [5.41, 5.74) is 1.32. The molecule has 0 aliphatic carbocycles. The van der Waals surface area contributed by atoms with Crippen LogP contribution in [0.3, 0.4) is 0 Å². The van der Waals surface area contributed by atoms with E-state index >= 15 is 0 Å². The minimum absolute atomic E-state index is 0.00399. The van der Waals surface area contributed by atoms with Gasteiger partial charge >= 0.3 is 0 Å². The second-order valence-electron chi connectivity index (χ2n) is 5.67. The lowest BCUT2D eigenvalue weighted by Gasteiger charge is -2.05. The standard InChI is InChI=1S/C18H18N4O3S/c1-21-10-13(6-9-16(21)24)17-19-20-18(22(17)2)26-11-15(23)12-4-7-14(25-3)8-5-12/h4-10H,11H2,1-3H3. The molecule has 134 valence electrons. The molecule has 2 aromatic heterocycles. The second kappa shape index (κ2) is 7.57. The predicted molar refractivity (Wildman–Crippen MR) is 99.7 cm³/mol. The summed E-state index contributed by atoms with van der Waals surface area (Å²) in [7, 11) is 5.11. The van der Waals surface area contributed by atoms with E-state index in [1.807, 2.05) is 11.6 Å². The first kappa shape index (κ1) is 17.9. The van der Waals surface area contributed by atoms with E-state index in [-0.39, 0.29) is 17.1 Å². The zero-order valence-electron chi connectivity index (χ0n) is 14.7. The van der Waals surface area contributed by atoms with Gasteiger partial charge in [-0.25, -0.2) is 0 Å². The highest BCUT2D eigenvalue weighted by atomic mass is 32.2. The number of carbonyl (C=O) groups excluding carboxylic acids is 1. The Kier molecular flexibility index (Phi) is 5.22. The largest absolute Gasteiger partial charge is 0.497 e. The van der Waals surface area contributed by atoms with E-state index in [0.717, 1.165) is 5.56 Å². The van der Waals surface area contributed by atoms with Crippen LogP contribution in [0.15, 0.2) is 52.5 Å². The molecule has 0 amide bonds. The molecule has 0 aliphatic rings. The molecule has 0 unspecified atom stereocenters. The van der Waals surface area contributed by atoms with Gasteiger partial charge in [-0.15, -0.1) is 10.2 Å². The maximum absolute atomic E-state index is 12.3. The van der Waals surface area contributed by atoms with Crippen LogP contribution in [-0.4, -0.2) is 38.0 Å². The van der Waals surface area contributed by atoms with Crippen LogP contribution < -0.4 is 10.3 Å². The third-order valence-corrected chi connectivity index (χ3v) is 4.94. The molecule has 2 heterocycles. The van der Waals surface area contributed by atoms with Crippen molar-refractivity contribution in [3.8, 4) is 17.1 Å². The highest BCUT2D eigenvalue weighted by Gasteiger charge is 2.14. The topological polar surface area (TPSA) is 79.0 Å². The zero-order chi connectivity index (χ0) is 18.7. The van der Waals surface area contributed by atoms with Crippen LogP contribution in [0.2, 0.25) is 0 Å². The number of aromatic nitrogens is 4. The minimum atomic E-state index is -0.0874. The van der Waals surface area contributed by atoms with E-state index in [1.54, 1.807) is 50.7 Å². The second-order valence-corrected chi connectivity index (χ2v) is 6.61. The van der Waals surface area contributed by atoms with E-state index < -0.39 is 0 Å². The Morgan fingerprint density at radius 3 is 2.50 bits per heavy atom. The van der Waals surface area contributed by atoms with Gasteiger partial charge < -0.3 is 13.9 Å². The molecule has 0 atom stereocenters. The monoisotopic (exact) mass is 370 g/mol. The molecule has 7 nitrogen and oxygen atoms in total. The van der Waals surface area contributed by atoms with Gasteiger partial charge in [-0.3, -0.25) is 9.59 Å². The number of methoxy groups -OCH3 is 1. The molecular weight excluding hydrogens is 352 g/mol. The Bertz CT molecular complexity index is 992. The van der Waals surface area contributed by atoms with Crippen molar-refractivity contribution in [1.82, 2.24) is 19.3 Å². The fraction of sp³-hybridized carbons (Fsp3) is 0.222. The lowest BCUT2D eigenvalue weighted by atomic mass is 10.1. The van der Waals surface area contributed by atoms with Crippen molar-refractivity contribution >= 4 is 17.5 Å². The number of rotatable bonds is 6. The van der Waals surface area contributed by atoms with Gasteiger partial charge in [-0.1, -0.05) is 11.8 Å². The smallest absolute Gasteiger partial charge is 0.250 e. The van der Waals surface area contributed by atoms with Crippen LogP contribution in [0, 0.1) is 0 Å². The lowest BCUT2D eigenvalue weighted by Crippen LogP contribution is -2.14. The summed E-state index contributed by atoms with van der Waals surface area (Å²) in [5.74, 6) is 1.61. The molecular formula is C18H18N4O3S. The molecule has 0 fully saturated rings. The minimum Gasteiger partial charge on any atom is -0.497 e. The number of ether oxygens (including phenoxy) is 1. The quantitative estimate of drug-likeness (QED) is 0.489. The summed E-state index contributed by atoms with van der Waals surface area (Å²) in [6, 6.07) is 10.2. The average Bonchev–Trinajstić information content (AvgIpc) is 3.02. The number of Topliss-reactive ketones (excluding diaryl/α,β-unsaturated/α-hetero) is 1. The third-order valence-electron chi connectivity index (χ3n) is 3.92. The highest BCUT2D eigenvalue weighted by Crippen LogP contribution is 2.23. The number of ketones is 1. The summed E-state index contributed by atoms with van der Waals surface area (Å²) in [4.78, 5) is 23.8. The van der Waals surface area contributed by atoms with Gasteiger partial charge in [0, 0.05) is 37.5 Å². The highest BCUT2D eigenvalue weighted by molar-refractivity contribution is 7.99. The fourth-order valence-electron chi connectivity index (χ4n) is 2.41. The van der Waals surface area contributed by atoms with Crippen LogP contribution in [0.4, 0.5) is 0 Å². The Hall–Kier alpha value is -2.87. The van der Waals surface area contributed by atoms with Crippen LogP contribution in [0.1, 0.15) is 10.4 Å². The number of hydrogen-bond donors (Lipinski definition) is 0. The van der Waals surface area contributed by atoms with E-state index in [9.17, 15) is 9.59 Å². The molecule has 3 aromatic rings. The van der Waals surface area contributed by atoms with Gasteiger partial charge in [-0.2, -0.15) is 0 Å².